The zero-order chi connectivity index (χ0) is 17.2. The molecule has 2 N–H and O–H groups in total. The molecule has 0 heterocycles. The van der Waals surface area contributed by atoms with Crippen LogP contribution in [0.5, 0.6) is 0 Å². The average molecular weight is 346 g/mol. The number of urea groups is 1. The zero-order valence-electron chi connectivity index (χ0n) is 13.3. The topological polar surface area (TPSA) is 58.2 Å². The number of rotatable bonds is 5. The lowest BCUT2D eigenvalue weighted by atomic mass is 9.96. The number of carbonyl (C=O) groups is 1. The number of halogens is 1. The van der Waals surface area contributed by atoms with E-state index in [4.69, 9.17) is 0 Å². The third-order valence-corrected chi connectivity index (χ3v) is 5.22. The van der Waals surface area contributed by atoms with Crippen molar-refractivity contribution in [1.29, 1.82) is 0 Å². The molecule has 1 fully saturated rings. The fourth-order valence-corrected chi connectivity index (χ4v) is 3.28. The molecule has 4 nitrogen and oxygen atoms in total. The van der Waals surface area contributed by atoms with Gasteiger partial charge in [-0.2, -0.15) is 0 Å². The Kier molecular flexibility index (Phi) is 4.66. The Bertz CT molecular complexity index is 790. The van der Waals surface area contributed by atoms with E-state index in [1.807, 2.05) is 6.07 Å². The van der Waals surface area contributed by atoms with Crippen LogP contribution in [0.15, 0.2) is 53.4 Å². The standard InChI is InChI=1S/C18H19FN2O2S/c1-24(23)16-7-3-6-15(11-16)21-17(22)20-12-18(8-9-18)13-4-2-5-14(19)10-13/h2-7,10-11H,8-9,12H2,1H3,(H2,20,21,22)/t24-/m1/s1. The number of hydrogen-bond donors (Lipinski definition) is 2. The normalized spacial score (nSPS) is 16.2. The number of amides is 2. The maximum atomic E-state index is 13.4. The van der Waals surface area contributed by atoms with Gasteiger partial charge < -0.3 is 10.6 Å². The molecule has 24 heavy (non-hydrogen) atoms. The summed E-state index contributed by atoms with van der Waals surface area (Å²) in [6.07, 6.45) is 3.46. The molecule has 6 heteroatoms. The van der Waals surface area contributed by atoms with Crippen LogP contribution in [0.25, 0.3) is 0 Å². The van der Waals surface area contributed by atoms with Crippen molar-refractivity contribution in [2.45, 2.75) is 23.2 Å². The summed E-state index contributed by atoms with van der Waals surface area (Å²) in [5.74, 6) is -0.257. The van der Waals surface area contributed by atoms with Crippen molar-refractivity contribution in [2.75, 3.05) is 18.1 Å². The molecule has 0 bridgehead atoms. The Balaban J connectivity index is 1.60. The molecule has 1 atom stereocenters. The monoisotopic (exact) mass is 346 g/mol. The zero-order valence-corrected chi connectivity index (χ0v) is 14.2. The van der Waals surface area contributed by atoms with E-state index >= 15 is 0 Å². The average Bonchev–Trinajstić information content (AvgIpc) is 3.34. The molecule has 2 aromatic rings. The number of carbonyl (C=O) groups excluding carboxylic acids is 1. The number of benzene rings is 2. The van der Waals surface area contributed by atoms with E-state index in [9.17, 15) is 13.4 Å². The van der Waals surface area contributed by atoms with Gasteiger partial charge in [-0.05, 0) is 48.7 Å². The first-order valence-corrected chi connectivity index (χ1v) is 9.29. The molecular weight excluding hydrogens is 327 g/mol. The second kappa shape index (κ2) is 6.73. The summed E-state index contributed by atoms with van der Waals surface area (Å²) in [6, 6.07) is 13.2. The van der Waals surface area contributed by atoms with Crippen LogP contribution < -0.4 is 10.6 Å². The van der Waals surface area contributed by atoms with Gasteiger partial charge in [-0.1, -0.05) is 18.2 Å². The second-order valence-corrected chi connectivity index (χ2v) is 7.46. The summed E-state index contributed by atoms with van der Waals surface area (Å²) in [6.45, 7) is 0.460. The van der Waals surface area contributed by atoms with Gasteiger partial charge in [-0.25, -0.2) is 9.18 Å². The third-order valence-electron chi connectivity index (χ3n) is 4.30. The summed E-state index contributed by atoms with van der Waals surface area (Å²) in [4.78, 5) is 12.8. The molecule has 1 saturated carbocycles. The fourth-order valence-electron chi connectivity index (χ4n) is 2.71. The summed E-state index contributed by atoms with van der Waals surface area (Å²) in [5, 5.41) is 5.59. The highest BCUT2D eigenvalue weighted by Gasteiger charge is 2.44. The van der Waals surface area contributed by atoms with Gasteiger partial charge in [0.2, 0.25) is 0 Å². The largest absolute Gasteiger partial charge is 0.337 e. The summed E-state index contributed by atoms with van der Waals surface area (Å²) in [5.41, 5.74) is 1.36. The van der Waals surface area contributed by atoms with Crippen molar-refractivity contribution in [3.8, 4) is 0 Å². The minimum atomic E-state index is -1.10. The number of anilines is 1. The van der Waals surface area contributed by atoms with Gasteiger partial charge in [0.25, 0.3) is 0 Å². The second-order valence-electron chi connectivity index (χ2n) is 6.08. The first-order valence-electron chi connectivity index (χ1n) is 7.73. The van der Waals surface area contributed by atoms with Crippen molar-refractivity contribution in [1.82, 2.24) is 5.32 Å². The first kappa shape index (κ1) is 16.6. The lowest BCUT2D eigenvalue weighted by molar-refractivity contribution is 0.251. The molecule has 0 aliphatic heterocycles. The van der Waals surface area contributed by atoms with Gasteiger partial charge in [0.15, 0.2) is 0 Å². The SMILES string of the molecule is C[S@@](=O)c1cccc(NC(=O)NCC2(c3cccc(F)c3)CC2)c1. The highest BCUT2D eigenvalue weighted by Crippen LogP contribution is 2.47. The number of nitrogens with one attached hydrogen (secondary N) is 2. The molecule has 0 unspecified atom stereocenters. The lowest BCUT2D eigenvalue weighted by Gasteiger charge is -2.17. The Morgan fingerprint density at radius 2 is 1.96 bits per heavy atom. The molecule has 1 aliphatic carbocycles. The predicted molar refractivity (Wildman–Crippen MR) is 93.1 cm³/mol. The van der Waals surface area contributed by atoms with Crippen LogP contribution in [0.3, 0.4) is 0 Å². The van der Waals surface area contributed by atoms with Crippen LogP contribution in [0, 0.1) is 5.82 Å². The van der Waals surface area contributed by atoms with Gasteiger partial charge in [0.05, 0.1) is 0 Å². The Labute approximate surface area is 142 Å². The van der Waals surface area contributed by atoms with Crippen molar-refractivity contribution in [3.63, 3.8) is 0 Å². The maximum absolute atomic E-state index is 13.4. The summed E-state index contributed by atoms with van der Waals surface area (Å²) < 4.78 is 24.9. The predicted octanol–water partition coefficient (Wildman–Crippen LogP) is 3.42. The van der Waals surface area contributed by atoms with E-state index < -0.39 is 10.8 Å². The maximum Gasteiger partial charge on any atom is 0.319 e. The molecule has 0 spiro atoms. The first-order chi connectivity index (χ1) is 11.5. The third kappa shape index (κ3) is 3.82. The lowest BCUT2D eigenvalue weighted by Crippen LogP contribution is -2.35. The van der Waals surface area contributed by atoms with E-state index in [1.165, 1.54) is 12.1 Å². The van der Waals surface area contributed by atoms with Crippen LogP contribution in [-0.4, -0.2) is 23.0 Å². The minimum Gasteiger partial charge on any atom is -0.337 e. The Morgan fingerprint density at radius 1 is 1.21 bits per heavy atom. The molecule has 2 amide bonds. The van der Waals surface area contributed by atoms with Crippen LogP contribution in [0.1, 0.15) is 18.4 Å². The van der Waals surface area contributed by atoms with Gasteiger partial charge in [0.1, 0.15) is 5.82 Å². The summed E-state index contributed by atoms with van der Waals surface area (Å²) >= 11 is 0. The Morgan fingerprint density at radius 3 is 2.62 bits per heavy atom. The van der Waals surface area contributed by atoms with Gasteiger partial charge in [-0.3, -0.25) is 4.21 Å². The summed E-state index contributed by atoms with van der Waals surface area (Å²) in [7, 11) is -1.10. The van der Waals surface area contributed by atoms with Crippen LogP contribution >= 0.6 is 0 Å². The van der Waals surface area contributed by atoms with Crippen LogP contribution in [0.4, 0.5) is 14.9 Å². The van der Waals surface area contributed by atoms with Crippen molar-refractivity contribution >= 4 is 22.5 Å². The van der Waals surface area contributed by atoms with Crippen molar-refractivity contribution < 1.29 is 13.4 Å². The molecule has 3 rings (SSSR count). The fraction of sp³-hybridized carbons (Fsp3) is 0.278. The van der Waals surface area contributed by atoms with E-state index in [-0.39, 0.29) is 17.3 Å². The molecule has 0 aromatic heterocycles. The van der Waals surface area contributed by atoms with Crippen molar-refractivity contribution in [2.24, 2.45) is 0 Å². The molecule has 126 valence electrons. The Hall–Kier alpha value is -2.21. The minimum absolute atomic E-state index is 0.161. The highest BCUT2D eigenvalue weighted by atomic mass is 32.2. The van der Waals surface area contributed by atoms with Crippen LogP contribution in [-0.2, 0) is 16.2 Å². The molecule has 2 aromatic carbocycles. The smallest absolute Gasteiger partial charge is 0.319 e. The molecule has 1 aliphatic rings. The van der Waals surface area contributed by atoms with E-state index in [0.29, 0.717) is 17.1 Å². The van der Waals surface area contributed by atoms with E-state index in [1.54, 1.807) is 36.6 Å². The van der Waals surface area contributed by atoms with Crippen molar-refractivity contribution in [3.05, 3.63) is 59.9 Å². The van der Waals surface area contributed by atoms with Crippen LogP contribution in [0.2, 0.25) is 0 Å². The number of hydrogen-bond acceptors (Lipinski definition) is 2. The van der Waals surface area contributed by atoms with E-state index in [0.717, 1.165) is 18.4 Å². The van der Waals surface area contributed by atoms with Gasteiger partial charge in [0, 0.05) is 39.6 Å². The van der Waals surface area contributed by atoms with Gasteiger partial charge >= 0.3 is 6.03 Å². The van der Waals surface area contributed by atoms with Gasteiger partial charge in [-0.15, -0.1) is 0 Å². The molecule has 0 saturated heterocycles. The highest BCUT2D eigenvalue weighted by molar-refractivity contribution is 7.84. The molecular formula is C18H19FN2O2S. The van der Waals surface area contributed by atoms with E-state index in [2.05, 4.69) is 10.6 Å². The quantitative estimate of drug-likeness (QED) is 0.871. The molecule has 0 radical (unpaired) electrons.